The molecule has 2 N–H and O–H groups in total. The maximum atomic E-state index is 11.0. The standard InChI is InChI=1S/C7H10N2O2S/c1-4-12-7(9-11)5(2)6(10)8-3/h1,5,11H,2-3H3,(H,8,10). The van der Waals surface area contributed by atoms with Gasteiger partial charge in [-0.3, -0.25) is 4.79 Å². The van der Waals surface area contributed by atoms with E-state index in [1.807, 2.05) is 0 Å². The van der Waals surface area contributed by atoms with Gasteiger partial charge in [-0.05, 0) is 23.9 Å². The number of amides is 1. The average molecular weight is 186 g/mol. The highest BCUT2D eigenvalue weighted by molar-refractivity contribution is 8.18. The van der Waals surface area contributed by atoms with Crippen molar-refractivity contribution in [3.05, 3.63) is 0 Å². The van der Waals surface area contributed by atoms with Gasteiger partial charge in [0, 0.05) is 7.05 Å². The summed E-state index contributed by atoms with van der Waals surface area (Å²) < 4.78 is 0. The van der Waals surface area contributed by atoms with Gasteiger partial charge in [0.1, 0.15) is 5.04 Å². The Balaban J connectivity index is 4.34. The van der Waals surface area contributed by atoms with Gasteiger partial charge < -0.3 is 10.5 Å². The van der Waals surface area contributed by atoms with Crippen LogP contribution < -0.4 is 5.32 Å². The molecule has 0 heterocycles. The maximum absolute atomic E-state index is 11.0. The first kappa shape index (κ1) is 10.8. The van der Waals surface area contributed by atoms with Gasteiger partial charge in [0.05, 0.1) is 5.92 Å². The predicted molar refractivity (Wildman–Crippen MR) is 48.9 cm³/mol. The molecule has 0 radical (unpaired) electrons. The number of oxime groups is 1. The van der Waals surface area contributed by atoms with Crippen LogP contribution in [0.15, 0.2) is 5.16 Å². The first-order valence-corrected chi connectivity index (χ1v) is 4.05. The van der Waals surface area contributed by atoms with Crippen molar-refractivity contribution in [1.82, 2.24) is 5.32 Å². The zero-order chi connectivity index (χ0) is 9.56. The molecule has 12 heavy (non-hydrogen) atoms. The third-order valence-electron chi connectivity index (χ3n) is 1.27. The highest BCUT2D eigenvalue weighted by Crippen LogP contribution is 2.11. The van der Waals surface area contributed by atoms with Crippen molar-refractivity contribution in [3.63, 3.8) is 0 Å². The van der Waals surface area contributed by atoms with Gasteiger partial charge in [-0.2, -0.15) is 0 Å². The predicted octanol–water partition coefficient (Wildman–Crippen LogP) is 0.480. The van der Waals surface area contributed by atoms with Gasteiger partial charge in [0.15, 0.2) is 0 Å². The number of thioether (sulfide) groups is 1. The minimum Gasteiger partial charge on any atom is -0.410 e. The normalized spacial score (nSPS) is 13.2. The Bertz CT molecular complexity index is 232. The number of carbonyl (C=O) groups is 1. The monoisotopic (exact) mass is 186 g/mol. The topological polar surface area (TPSA) is 61.7 Å². The van der Waals surface area contributed by atoms with E-state index in [0.29, 0.717) is 0 Å². The Labute approximate surface area is 75.4 Å². The highest BCUT2D eigenvalue weighted by Gasteiger charge is 2.18. The molecule has 0 aliphatic rings. The summed E-state index contributed by atoms with van der Waals surface area (Å²) in [4.78, 5) is 11.0. The number of hydrogen-bond donors (Lipinski definition) is 2. The van der Waals surface area contributed by atoms with Gasteiger partial charge in [0.2, 0.25) is 5.91 Å². The average Bonchev–Trinajstić information content (AvgIpc) is 2.11. The van der Waals surface area contributed by atoms with Gasteiger partial charge in [-0.1, -0.05) is 5.16 Å². The molecule has 0 spiro atoms. The lowest BCUT2D eigenvalue weighted by molar-refractivity contribution is -0.122. The summed E-state index contributed by atoms with van der Waals surface area (Å²) in [5.74, 6) is -0.744. The fraction of sp³-hybridized carbons (Fsp3) is 0.429. The molecule has 0 saturated carbocycles. The van der Waals surface area contributed by atoms with Crippen molar-refractivity contribution < 1.29 is 10.0 Å². The van der Waals surface area contributed by atoms with Crippen molar-refractivity contribution in [2.75, 3.05) is 7.05 Å². The molecule has 0 aromatic rings. The zero-order valence-corrected chi connectivity index (χ0v) is 7.68. The second-order valence-corrected chi connectivity index (χ2v) is 2.85. The minimum absolute atomic E-state index is 0.219. The largest absolute Gasteiger partial charge is 0.410 e. The van der Waals surface area contributed by atoms with E-state index in [1.54, 1.807) is 6.92 Å². The summed E-state index contributed by atoms with van der Waals surface area (Å²) in [5, 5.41) is 16.3. The SMILES string of the molecule is C#CSC(=NO)C(C)C(=O)NC. The Kier molecular flexibility index (Phi) is 4.97. The van der Waals surface area contributed by atoms with Crippen LogP contribution in [0.25, 0.3) is 0 Å². The molecular weight excluding hydrogens is 176 g/mol. The lowest BCUT2D eigenvalue weighted by atomic mass is 10.2. The highest BCUT2D eigenvalue weighted by atomic mass is 32.2. The number of nitrogens with one attached hydrogen (secondary N) is 1. The summed E-state index contributed by atoms with van der Waals surface area (Å²) in [6.45, 7) is 1.61. The van der Waals surface area contributed by atoms with Gasteiger partial charge in [-0.25, -0.2) is 0 Å². The summed E-state index contributed by atoms with van der Waals surface area (Å²) in [7, 11) is 1.51. The quantitative estimate of drug-likeness (QED) is 0.217. The van der Waals surface area contributed by atoms with Crippen molar-refractivity contribution in [2.24, 2.45) is 11.1 Å². The molecule has 66 valence electrons. The molecule has 0 bridgehead atoms. The third-order valence-corrected chi connectivity index (χ3v) is 2.03. The van der Waals surface area contributed by atoms with Crippen molar-refractivity contribution in [2.45, 2.75) is 6.92 Å². The van der Waals surface area contributed by atoms with Gasteiger partial charge in [0.25, 0.3) is 0 Å². The van der Waals surface area contributed by atoms with Gasteiger partial charge >= 0.3 is 0 Å². The molecule has 4 nitrogen and oxygen atoms in total. The Morgan fingerprint density at radius 3 is 2.75 bits per heavy atom. The second kappa shape index (κ2) is 5.49. The molecular formula is C7H10N2O2S. The molecule has 1 unspecified atom stereocenters. The van der Waals surface area contributed by atoms with Crippen LogP contribution in [0.2, 0.25) is 0 Å². The maximum Gasteiger partial charge on any atom is 0.229 e. The van der Waals surface area contributed by atoms with E-state index in [0.717, 1.165) is 11.8 Å². The fourth-order valence-electron chi connectivity index (χ4n) is 0.584. The summed E-state index contributed by atoms with van der Waals surface area (Å²) in [6, 6.07) is 0. The van der Waals surface area contributed by atoms with E-state index in [4.69, 9.17) is 11.6 Å². The minimum atomic E-state index is -0.513. The van der Waals surface area contributed by atoms with Crippen molar-refractivity contribution in [1.29, 1.82) is 0 Å². The Hall–Kier alpha value is -1.15. The molecule has 0 aromatic heterocycles. The Morgan fingerprint density at radius 1 is 1.83 bits per heavy atom. The van der Waals surface area contributed by atoms with Crippen LogP contribution in [0, 0.1) is 17.6 Å². The van der Waals surface area contributed by atoms with E-state index in [9.17, 15) is 4.79 Å². The lowest BCUT2D eigenvalue weighted by Crippen LogP contribution is -2.29. The molecule has 0 saturated heterocycles. The van der Waals surface area contributed by atoms with Crippen LogP contribution in [-0.2, 0) is 4.79 Å². The van der Waals surface area contributed by atoms with E-state index >= 15 is 0 Å². The molecule has 0 aromatic carbocycles. The van der Waals surface area contributed by atoms with Crippen molar-refractivity contribution >= 4 is 22.7 Å². The van der Waals surface area contributed by atoms with E-state index in [2.05, 4.69) is 15.7 Å². The van der Waals surface area contributed by atoms with Crippen LogP contribution in [0.4, 0.5) is 0 Å². The van der Waals surface area contributed by atoms with Crippen LogP contribution in [0.1, 0.15) is 6.92 Å². The summed E-state index contributed by atoms with van der Waals surface area (Å²) >= 11 is 0.895. The van der Waals surface area contributed by atoms with Crippen LogP contribution in [0.3, 0.4) is 0 Å². The zero-order valence-electron chi connectivity index (χ0n) is 6.87. The molecule has 5 heteroatoms. The third kappa shape index (κ3) is 2.84. The lowest BCUT2D eigenvalue weighted by Gasteiger charge is -2.07. The molecule has 0 aliphatic carbocycles. The van der Waals surface area contributed by atoms with Crippen LogP contribution in [-0.4, -0.2) is 23.2 Å². The fourth-order valence-corrected chi connectivity index (χ4v) is 1.03. The van der Waals surface area contributed by atoms with E-state index in [1.165, 1.54) is 7.05 Å². The number of rotatable bonds is 2. The van der Waals surface area contributed by atoms with Crippen LogP contribution in [0.5, 0.6) is 0 Å². The first-order chi connectivity index (χ1) is 5.67. The molecule has 1 amide bonds. The van der Waals surface area contributed by atoms with Gasteiger partial charge in [-0.15, -0.1) is 6.42 Å². The molecule has 0 rings (SSSR count). The first-order valence-electron chi connectivity index (χ1n) is 3.23. The smallest absolute Gasteiger partial charge is 0.229 e. The molecule has 0 aliphatic heterocycles. The molecule has 1 atom stereocenters. The summed E-state index contributed by atoms with van der Waals surface area (Å²) in [5.41, 5.74) is 0. The number of terminal acetylenes is 1. The Morgan fingerprint density at radius 2 is 2.42 bits per heavy atom. The van der Waals surface area contributed by atoms with E-state index < -0.39 is 5.92 Å². The summed E-state index contributed by atoms with van der Waals surface area (Å²) in [6.07, 6.45) is 4.97. The molecule has 0 fully saturated rings. The van der Waals surface area contributed by atoms with E-state index in [-0.39, 0.29) is 11.0 Å². The number of carbonyl (C=O) groups excluding carboxylic acids is 1. The number of hydrogen-bond acceptors (Lipinski definition) is 4. The van der Waals surface area contributed by atoms with Crippen LogP contribution >= 0.6 is 11.8 Å². The van der Waals surface area contributed by atoms with Crippen molar-refractivity contribution in [3.8, 4) is 11.7 Å². The number of nitrogens with zero attached hydrogens (tertiary/aromatic N) is 1. The second-order valence-electron chi connectivity index (χ2n) is 1.99.